The van der Waals surface area contributed by atoms with Crippen LogP contribution < -0.4 is 25.0 Å². The fraction of sp³-hybridized carbons (Fsp3) is 0.611. The first-order valence-electron chi connectivity index (χ1n) is 8.73. The van der Waals surface area contributed by atoms with Crippen molar-refractivity contribution in [1.82, 2.24) is 10.6 Å². The van der Waals surface area contributed by atoms with Crippen LogP contribution in [0.15, 0.2) is 23.2 Å². The minimum atomic E-state index is 0.343. The van der Waals surface area contributed by atoms with E-state index in [0.29, 0.717) is 12.6 Å². The number of nitrogens with one attached hydrogen (secondary N) is 2. The third kappa shape index (κ3) is 5.70. The molecule has 1 aromatic rings. The van der Waals surface area contributed by atoms with Gasteiger partial charge in [-0.15, -0.1) is 0 Å². The van der Waals surface area contributed by atoms with E-state index in [1.54, 1.807) is 21.3 Å². The highest BCUT2D eigenvalue weighted by Gasteiger charge is 2.24. The third-order valence-electron chi connectivity index (χ3n) is 4.20. The molecule has 0 saturated carbocycles. The average molecular weight is 350 g/mol. The van der Waals surface area contributed by atoms with E-state index < -0.39 is 0 Å². The van der Waals surface area contributed by atoms with E-state index in [1.165, 1.54) is 0 Å². The number of ether oxygens (including phenoxy) is 3. The number of nitrogens with zero attached hydrogens (tertiary/aromatic N) is 2. The molecule has 1 saturated heterocycles. The van der Waals surface area contributed by atoms with Crippen LogP contribution in [0.1, 0.15) is 13.3 Å². The number of anilines is 1. The first-order chi connectivity index (χ1) is 12.2. The van der Waals surface area contributed by atoms with Crippen LogP contribution in [0, 0.1) is 0 Å². The van der Waals surface area contributed by atoms with Crippen molar-refractivity contribution in [2.45, 2.75) is 19.4 Å². The van der Waals surface area contributed by atoms with Gasteiger partial charge in [-0.2, -0.15) is 0 Å². The second-order valence-corrected chi connectivity index (χ2v) is 5.84. The Morgan fingerprint density at radius 3 is 2.56 bits per heavy atom. The molecular weight excluding hydrogens is 320 g/mol. The molecule has 2 rings (SSSR count). The highest BCUT2D eigenvalue weighted by Crippen LogP contribution is 2.30. The molecule has 0 amide bonds. The summed E-state index contributed by atoms with van der Waals surface area (Å²) < 4.78 is 16.1. The second kappa shape index (κ2) is 9.98. The third-order valence-corrected chi connectivity index (χ3v) is 4.20. The summed E-state index contributed by atoms with van der Waals surface area (Å²) in [5, 5.41) is 6.76. The Hall–Kier alpha value is -2.15. The molecule has 7 nitrogen and oxygen atoms in total. The van der Waals surface area contributed by atoms with Crippen LogP contribution in [-0.2, 0) is 4.74 Å². The van der Waals surface area contributed by atoms with Gasteiger partial charge in [-0.25, -0.2) is 0 Å². The second-order valence-electron chi connectivity index (χ2n) is 5.84. The van der Waals surface area contributed by atoms with Crippen molar-refractivity contribution < 1.29 is 14.2 Å². The van der Waals surface area contributed by atoms with Crippen molar-refractivity contribution in [1.29, 1.82) is 0 Å². The monoisotopic (exact) mass is 350 g/mol. The zero-order valence-electron chi connectivity index (χ0n) is 15.7. The van der Waals surface area contributed by atoms with E-state index in [-0.39, 0.29) is 0 Å². The Morgan fingerprint density at radius 2 is 1.96 bits per heavy atom. The van der Waals surface area contributed by atoms with Gasteiger partial charge in [-0.3, -0.25) is 4.99 Å². The van der Waals surface area contributed by atoms with Crippen LogP contribution in [0.4, 0.5) is 5.69 Å². The molecule has 0 radical (unpaired) electrons. The average Bonchev–Trinajstić information content (AvgIpc) is 3.12. The SMILES string of the molecule is CCOCCNC(=NC)NC1CCN(c2cc(OC)cc(OC)c2)C1. The topological polar surface area (TPSA) is 67.4 Å². The lowest BCUT2D eigenvalue weighted by molar-refractivity contribution is 0.152. The molecular formula is C18H30N4O3. The van der Waals surface area contributed by atoms with Gasteiger partial charge in [0.05, 0.1) is 20.8 Å². The number of rotatable bonds is 8. The van der Waals surface area contributed by atoms with Crippen molar-refractivity contribution >= 4 is 11.6 Å². The molecule has 1 aliphatic heterocycles. The predicted molar refractivity (Wildman–Crippen MR) is 101 cm³/mol. The van der Waals surface area contributed by atoms with Crippen molar-refractivity contribution in [3.8, 4) is 11.5 Å². The van der Waals surface area contributed by atoms with Crippen LogP contribution in [-0.4, -0.2) is 66.1 Å². The van der Waals surface area contributed by atoms with E-state index >= 15 is 0 Å². The molecule has 1 heterocycles. The zero-order chi connectivity index (χ0) is 18.1. The van der Waals surface area contributed by atoms with Gasteiger partial charge in [0.15, 0.2) is 5.96 Å². The molecule has 1 atom stereocenters. The molecule has 25 heavy (non-hydrogen) atoms. The lowest BCUT2D eigenvalue weighted by Gasteiger charge is -2.21. The number of benzene rings is 1. The molecule has 0 aliphatic carbocycles. The molecule has 1 aliphatic rings. The Morgan fingerprint density at radius 1 is 1.24 bits per heavy atom. The fourth-order valence-electron chi connectivity index (χ4n) is 2.86. The largest absolute Gasteiger partial charge is 0.497 e. The van der Waals surface area contributed by atoms with Crippen molar-refractivity contribution in [2.24, 2.45) is 4.99 Å². The van der Waals surface area contributed by atoms with E-state index in [2.05, 4.69) is 20.5 Å². The number of aliphatic imine (C=N–C) groups is 1. The van der Waals surface area contributed by atoms with Crippen LogP contribution in [0.3, 0.4) is 0 Å². The van der Waals surface area contributed by atoms with E-state index in [1.807, 2.05) is 25.1 Å². The smallest absolute Gasteiger partial charge is 0.191 e. The summed E-state index contributed by atoms with van der Waals surface area (Å²) in [7, 11) is 5.13. The van der Waals surface area contributed by atoms with Gasteiger partial charge in [0.1, 0.15) is 11.5 Å². The Balaban J connectivity index is 1.90. The summed E-state index contributed by atoms with van der Waals surface area (Å²) in [6.07, 6.45) is 1.05. The summed E-state index contributed by atoms with van der Waals surface area (Å²) in [6, 6.07) is 6.31. The number of hydrogen-bond donors (Lipinski definition) is 2. The molecule has 2 N–H and O–H groups in total. The summed E-state index contributed by atoms with van der Waals surface area (Å²) in [4.78, 5) is 6.61. The lowest BCUT2D eigenvalue weighted by Crippen LogP contribution is -2.45. The van der Waals surface area contributed by atoms with E-state index in [0.717, 1.165) is 55.8 Å². The van der Waals surface area contributed by atoms with E-state index in [9.17, 15) is 0 Å². The van der Waals surface area contributed by atoms with Crippen molar-refractivity contribution in [2.75, 3.05) is 59.0 Å². The minimum absolute atomic E-state index is 0.343. The summed E-state index contributed by atoms with van der Waals surface area (Å²) >= 11 is 0. The van der Waals surface area contributed by atoms with Crippen molar-refractivity contribution in [3.63, 3.8) is 0 Å². The highest BCUT2D eigenvalue weighted by atomic mass is 16.5. The number of hydrogen-bond acceptors (Lipinski definition) is 5. The van der Waals surface area contributed by atoms with Gasteiger partial charge in [-0.05, 0) is 13.3 Å². The van der Waals surface area contributed by atoms with Gasteiger partial charge in [0, 0.05) is 63.2 Å². The number of guanidine groups is 1. The Bertz CT molecular complexity index is 543. The number of methoxy groups -OCH3 is 2. The van der Waals surface area contributed by atoms with Gasteiger partial charge >= 0.3 is 0 Å². The van der Waals surface area contributed by atoms with Crippen LogP contribution in [0.25, 0.3) is 0 Å². The van der Waals surface area contributed by atoms with Gasteiger partial charge in [0.2, 0.25) is 0 Å². The molecule has 0 aromatic heterocycles. The maximum Gasteiger partial charge on any atom is 0.191 e. The summed E-state index contributed by atoms with van der Waals surface area (Å²) in [5.41, 5.74) is 1.11. The summed E-state index contributed by atoms with van der Waals surface area (Å²) in [6.45, 7) is 6.03. The summed E-state index contributed by atoms with van der Waals surface area (Å²) in [5.74, 6) is 2.42. The maximum absolute atomic E-state index is 5.37. The van der Waals surface area contributed by atoms with Gasteiger partial charge < -0.3 is 29.7 Å². The molecule has 1 fully saturated rings. The minimum Gasteiger partial charge on any atom is -0.497 e. The van der Waals surface area contributed by atoms with Crippen LogP contribution in [0.5, 0.6) is 11.5 Å². The molecule has 7 heteroatoms. The lowest BCUT2D eigenvalue weighted by atomic mass is 10.2. The maximum atomic E-state index is 5.37. The molecule has 140 valence electrons. The standard InChI is InChI=1S/C18H30N4O3/c1-5-25-9-7-20-18(19-2)21-14-6-8-22(13-14)15-10-16(23-3)12-17(11-15)24-4/h10-12,14H,5-9,13H2,1-4H3,(H2,19,20,21). The Labute approximate surface area is 150 Å². The quantitative estimate of drug-likeness (QED) is 0.421. The normalized spacial score (nSPS) is 17.5. The molecule has 0 spiro atoms. The van der Waals surface area contributed by atoms with E-state index in [4.69, 9.17) is 14.2 Å². The molecule has 0 bridgehead atoms. The van der Waals surface area contributed by atoms with Gasteiger partial charge in [-0.1, -0.05) is 0 Å². The van der Waals surface area contributed by atoms with Crippen LogP contribution >= 0.6 is 0 Å². The highest BCUT2D eigenvalue weighted by molar-refractivity contribution is 5.80. The first kappa shape index (κ1) is 19.2. The van der Waals surface area contributed by atoms with Gasteiger partial charge in [0.25, 0.3) is 0 Å². The fourth-order valence-corrected chi connectivity index (χ4v) is 2.86. The van der Waals surface area contributed by atoms with Crippen molar-refractivity contribution in [3.05, 3.63) is 18.2 Å². The first-order valence-corrected chi connectivity index (χ1v) is 8.73. The molecule has 1 unspecified atom stereocenters. The van der Waals surface area contributed by atoms with Crippen LogP contribution in [0.2, 0.25) is 0 Å². The predicted octanol–water partition coefficient (Wildman–Crippen LogP) is 1.48. The zero-order valence-corrected chi connectivity index (χ0v) is 15.7. The Kier molecular flexibility index (Phi) is 7.66. The molecule has 1 aromatic carbocycles.